The van der Waals surface area contributed by atoms with Crippen molar-refractivity contribution in [2.45, 2.75) is 18.7 Å². The number of rotatable bonds is 7. The summed E-state index contributed by atoms with van der Waals surface area (Å²) in [7, 11) is -3.48. The van der Waals surface area contributed by atoms with E-state index in [1.54, 1.807) is 28.6 Å². The Hall–Kier alpha value is -2.25. The molecule has 6 nitrogen and oxygen atoms in total. The second kappa shape index (κ2) is 8.63. The molecule has 2 aromatic rings. The number of anilines is 1. The van der Waals surface area contributed by atoms with Crippen LogP contribution in [0.25, 0.3) is 0 Å². The van der Waals surface area contributed by atoms with Gasteiger partial charge in [-0.25, -0.2) is 8.42 Å². The van der Waals surface area contributed by atoms with Gasteiger partial charge in [-0.3, -0.25) is 0 Å². The van der Waals surface area contributed by atoms with Crippen molar-refractivity contribution in [1.82, 2.24) is 4.31 Å². The fourth-order valence-corrected chi connectivity index (χ4v) is 4.55. The van der Waals surface area contributed by atoms with Gasteiger partial charge in [0.15, 0.2) is 0 Å². The van der Waals surface area contributed by atoms with Crippen LogP contribution in [0, 0.1) is 0 Å². The quantitative estimate of drug-likeness (QED) is 0.727. The van der Waals surface area contributed by atoms with Gasteiger partial charge in [-0.15, -0.1) is 0 Å². The Kier molecular flexibility index (Phi) is 6.23. The molecule has 0 unspecified atom stereocenters. The SMILES string of the molecule is CCOc1ccc(N2CCN(S(=O)(=O)c3ccc(OCC)cc3)CC2)cc1. The lowest BCUT2D eigenvalue weighted by Crippen LogP contribution is -2.48. The molecule has 0 aliphatic carbocycles. The predicted molar refractivity (Wildman–Crippen MR) is 106 cm³/mol. The standard InChI is InChI=1S/C20H26N2O4S/c1-3-25-18-7-5-17(6-8-18)21-13-15-22(16-14-21)27(23,24)20-11-9-19(10-12-20)26-4-2/h5-12H,3-4,13-16H2,1-2H3. The molecule has 0 spiro atoms. The summed E-state index contributed by atoms with van der Waals surface area (Å²) in [5, 5.41) is 0. The van der Waals surface area contributed by atoms with Gasteiger partial charge in [0.05, 0.1) is 18.1 Å². The Morgan fingerprint density at radius 3 is 1.74 bits per heavy atom. The largest absolute Gasteiger partial charge is 0.494 e. The maximum Gasteiger partial charge on any atom is 0.243 e. The highest BCUT2D eigenvalue weighted by molar-refractivity contribution is 7.89. The van der Waals surface area contributed by atoms with E-state index in [9.17, 15) is 8.42 Å². The minimum absolute atomic E-state index is 0.306. The van der Waals surface area contributed by atoms with Crippen LogP contribution in [0.15, 0.2) is 53.4 Å². The molecule has 7 heteroatoms. The summed E-state index contributed by atoms with van der Waals surface area (Å²) in [6.45, 7) is 7.29. The Balaban J connectivity index is 1.63. The molecular formula is C20H26N2O4S. The van der Waals surface area contributed by atoms with E-state index < -0.39 is 10.0 Å². The molecule has 0 N–H and O–H groups in total. The van der Waals surface area contributed by atoms with Crippen LogP contribution in [0.2, 0.25) is 0 Å². The first kappa shape index (κ1) is 19.5. The molecular weight excluding hydrogens is 364 g/mol. The normalized spacial score (nSPS) is 15.6. The molecule has 0 atom stereocenters. The lowest BCUT2D eigenvalue weighted by atomic mass is 10.2. The average Bonchev–Trinajstić information content (AvgIpc) is 2.70. The molecule has 2 aromatic carbocycles. The Bertz CT molecular complexity index is 827. The lowest BCUT2D eigenvalue weighted by molar-refractivity contribution is 0.340. The summed E-state index contributed by atoms with van der Waals surface area (Å²) in [6.07, 6.45) is 0. The first-order chi connectivity index (χ1) is 13.0. The fourth-order valence-electron chi connectivity index (χ4n) is 3.13. The fraction of sp³-hybridized carbons (Fsp3) is 0.400. The van der Waals surface area contributed by atoms with Crippen molar-refractivity contribution in [2.24, 2.45) is 0 Å². The minimum atomic E-state index is -3.48. The molecule has 0 bridgehead atoms. The summed E-state index contributed by atoms with van der Waals surface area (Å²) in [5.74, 6) is 1.52. The molecule has 0 aromatic heterocycles. The van der Waals surface area contributed by atoms with Crippen molar-refractivity contribution >= 4 is 15.7 Å². The summed E-state index contributed by atoms with van der Waals surface area (Å²) >= 11 is 0. The van der Waals surface area contributed by atoms with E-state index in [2.05, 4.69) is 4.90 Å². The molecule has 1 saturated heterocycles. The molecule has 0 saturated carbocycles. The molecule has 1 aliphatic rings. The highest BCUT2D eigenvalue weighted by atomic mass is 32.2. The van der Waals surface area contributed by atoms with Crippen molar-refractivity contribution in [2.75, 3.05) is 44.3 Å². The van der Waals surface area contributed by atoms with Crippen molar-refractivity contribution in [3.05, 3.63) is 48.5 Å². The average molecular weight is 391 g/mol. The van der Waals surface area contributed by atoms with Gasteiger partial charge in [-0.05, 0) is 62.4 Å². The predicted octanol–water partition coefficient (Wildman–Crippen LogP) is 2.99. The van der Waals surface area contributed by atoms with Gasteiger partial charge < -0.3 is 14.4 Å². The Morgan fingerprint density at radius 2 is 1.26 bits per heavy atom. The monoisotopic (exact) mass is 390 g/mol. The number of ether oxygens (including phenoxy) is 2. The van der Waals surface area contributed by atoms with E-state index in [0.717, 1.165) is 11.4 Å². The molecule has 1 aliphatic heterocycles. The van der Waals surface area contributed by atoms with Crippen LogP contribution in [0.4, 0.5) is 5.69 Å². The van der Waals surface area contributed by atoms with E-state index in [-0.39, 0.29) is 0 Å². The zero-order chi connectivity index (χ0) is 19.3. The number of hydrogen-bond acceptors (Lipinski definition) is 5. The van der Waals surface area contributed by atoms with Crippen LogP contribution < -0.4 is 14.4 Å². The third-order valence-corrected chi connectivity index (χ3v) is 6.44. The van der Waals surface area contributed by atoms with Crippen LogP contribution in [-0.2, 0) is 10.0 Å². The maximum absolute atomic E-state index is 12.9. The van der Waals surface area contributed by atoms with Gasteiger partial charge in [0, 0.05) is 31.9 Å². The van der Waals surface area contributed by atoms with Crippen molar-refractivity contribution in [1.29, 1.82) is 0 Å². The Morgan fingerprint density at radius 1 is 0.778 bits per heavy atom. The summed E-state index contributed by atoms with van der Waals surface area (Å²) in [4.78, 5) is 2.50. The molecule has 0 radical (unpaired) electrons. The summed E-state index contributed by atoms with van der Waals surface area (Å²) in [5.41, 5.74) is 1.08. The molecule has 0 amide bonds. The molecule has 1 heterocycles. The van der Waals surface area contributed by atoms with E-state index in [1.807, 2.05) is 38.1 Å². The minimum Gasteiger partial charge on any atom is -0.494 e. The number of piperazine rings is 1. The highest BCUT2D eigenvalue weighted by Crippen LogP contribution is 2.24. The third-order valence-electron chi connectivity index (χ3n) is 4.52. The molecule has 27 heavy (non-hydrogen) atoms. The van der Waals surface area contributed by atoms with Crippen molar-refractivity contribution < 1.29 is 17.9 Å². The van der Waals surface area contributed by atoms with Crippen LogP contribution >= 0.6 is 0 Å². The number of nitrogens with zero attached hydrogens (tertiary/aromatic N) is 2. The van der Waals surface area contributed by atoms with E-state index in [0.29, 0.717) is 50.0 Å². The van der Waals surface area contributed by atoms with Gasteiger partial charge in [0.25, 0.3) is 0 Å². The van der Waals surface area contributed by atoms with E-state index in [1.165, 1.54) is 0 Å². The van der Waals surface area contributed by atoms with Gasteiger partial charge >= 0.3 is 0 Å². The summed E-state index contributed by atoms with van der Waals surface area (Å²) in [6, 6.07) is 14.5. The van der Waals surface area contributed by atoms with Crippen LogP contribution in [-0.4, -0.2) is 52.1 Å². The van der Waals surface area contributed by atoms with E-state index >= 15 is 0 Å². The lowest BCUT2D eigenvalue weighted by Gasteiger charge is -2.35. The van der Waals surface area contributed by atoms with E-state index in [4.69, 9.17) is 9.47 Å². The Labute approximate surface area is 161 Å². The second-order valence-corrected chi connectivity index (χ2v) is 8.16. The van der Waals surface area contributed by atoms with Crippen LogP contribution in [0.5, 0.6) is 11.5 Å². The zero-order valence-electron chi connectivity index (χ0n) is 15.8. The van der Waals surface area contributed by atoms with Crippen LogP contribution in [0.1, 0.15) is 13.8 Å². The number of benzene rings is 2. The zero-order valence-corrected chi connectivity index (χ0v) is 16.6. The second-order valence-electron chi connectivity index (χ2n) is 6.22. The summed E-state index contributed by atoms with van der Waals surface area (Å²) < 4.78 is 38.1. The van der Waals surface area contributed by atoms with Gasteiger partial charge in [0.1, 0.15) is 11.5 Å². The maximum atomic E-state index is 12.9. The molecule has 1 fully saturated rings. The first-order valence-corrected chi connectivity index (χ1v) is 10.7. The first-order valence-electron chi connectivity index (χ1n) is 9.25. The van der Waals surface area contributed by atoms with Gasteiger partial charge in [-0.2, -0.15) is 4.31 Å². The molecule has 146 valence electrons. The number of sulfonamides is 1. The third kappa shape index (κ3) is 4.54. The smallest absolute Gasteiger partial charge is 0.243 e. The van der Waals surface area contributed by atoms with Gasteiger partial charge in [-0.1, -0.05) is 0 Å². The van der Waals surface area contributed by atoms with Gasteiger partial charge in [0.2, 0.25) is 10.0 Å². The number of hydrogen-bond donors (Lipinski definition) is 0. The van der Waals surface area contributed by atoms with Crippen molar-refractivity contribution in [3.8, 4) is 11.5 Å². The highest BCUT2D eigenvalue weighted by Gasteiger charge is 2.28. The molecule has 3 rings (SSSR count). The topological polar surface area (TPSA) is 59.1 Å². The van der Waals surface area contributed by atoms with Crippen molar-refractivity contribution in [3.63, 3.8) is 0 Å². The van der Waals surface area contributed by atoms with Crippen LogP contribution in [0.3, 0.4) is 0 Å².